The molecule has 7 heteroatoms. The lowest BCUT2D eigenvalue weighted by molar-refractivity contribution is 0.0952. The molecule has 2 aromatic rings. The molecule has 3 N–H and O–H groups in total. The maximum absolute atomic E-state index is 11.9. The molecule has 1 aromatic carbocycles. The molecule has 0 aliphatic heterocycles. The van der Waals surface area contributed by atoms with Gasteiger partial charge in [0.15, 0.2) is 0 Å². The molecule has 1 heterocycles. The minimum Gasteiger partial charge on any atom is -0.497 e. The average molecular weight is 261 g/mol. The van der Waals surface area contributed by atoms with E-state index in [-0.39, 0.29) is 5.91 Å². The fraction of sp³-hybridized carbons (Fsp3) is 0.250. The quantitative estimate of drug-likeness (QED) is 0.755. The molecule has 0 saturated carbocycles. The van der Waals surface area contributed by atoms with E-state index < -0.39 is 0 Å². The van der Waals surface area contributed by atoms with Gasteiger partial charge in [0.1, 0.15) is 5.75 Å². The van der Waals surface area contributed by atoms with E-state index in [9.17, 15) is 4.79 Å². The van der Waals surface area contributed by atoms with Crippen LogP contribution in [0.3, 0.4) is 0 Å². The number of carbonyl (C=O) groups excluding carboxylic acids is 1. The lowest BCUT2D eigenvalue weighted by Gasteiger charge is -2.08. The molecule has 0 radical (unpaired) electrons. The third-order valence-electron chi connectivity index (χ3n) is 2.60. The zero-order chi connectivity index (χ0) is 13.7. The molecule has 0 aliphatic rings. The average Bonchev–Trinajstić information content (AvgIpc) is 2.91. The Bertz CT molecular complexity index is 553. The second kappa shape index (κ2) is 5.85. The van der Waals surface area contributed by atoms with Crippen LogP contribution in [0, 0.1) is 0 Å². The predicted octanol–water partition coefficient (Wildman–Crippen LogP) is 0.299. The summed E-state index contributed by atoms with van der Waals surface area (Å²) in [5.41, 5.74) is 6.61. The molecule has 0 aliphatic carbocycles. The summed E-state index contributed by atoms with van der Waals surface area (Å²) in [5.74, 6) is 0.400. The molecule has 1 amide bonds. The smallest absolute Gasteiger partial charge is 0.253 e. The molecule has 0 fully saturated rings. The number of nitrogen functional groups attached to an aromatic ring is 1. The normalized spacial score (nSPS) is 10.2. The van der Waals surface area contributed by atoms with Gasteiger partial charge in [-0.15, -0.1) is 5.10 Å². The van der Waals surface area contributed by atoms with Crippen LogP contribution < -0.4 is 15.8 Å². The first kappa shape index (κ1) is 12.9. The van der Waals surface area contributed by atoms with Crippen LogP contribution in [-0.2, 0) is 6.54 Å². The molecule has 1 aromatic heterocycles. The first-order chi connectivity index (χ1) is 9.20. The van der Waals surface area contributed by atoms with E-state index in [1.54, 1.807) is 42.4 Å². The highest BCUT2D eigenvalue weighted by atomic mass is 16.5. The van der Waals surface area contributed by atoms with Crippen molar-refractivity contribution in [3.05, 3.63) is 36.2 Å². The number of aromatic nitrogens is 3. The number of nitrogens with zero attached hydrogens (tertiary/aromatic N) is 3. The first-order valence-electron chi connectivity index (χ1n) is 5.76. The largest absolute Gasteiger partial charge is 0.497 e. The van der Waals surface area contributed by atoms with Crippen molar-refractivity contribution in [3.8, 4) is 5.75 Å². The maximum atomic E-state index is 11.9. The van der Waals surface area contributed by atoms with Crippen molar-refractivity contribution in [3.63, 3.8) is 0 Å². The van der Waals surface area contributed by atoms with E-state index in [2.05, 4.69) is 15.6 Å². The lowest BCUT2D eigenvalue weighted by atomic mass is 10.1. The van der Waals surface area contributed by atoms with Crippen LogP contribution in [-0.4, -0.2) is 34.6 Å². The summed E-state index contributed by atoms with van der Waals surface area (Å²) in [7, 11) is 1.55. The molecule has 19 heavy (non-hydrogen) atoms. The summed E-state index contributed by atoms with van der Waals surface area (Å²) >= 11 is 0. The minimum atomic E-state index is -0.222. The van der Waals surface area contributed by atoms with Crippen molar-refractivity contribution < 1.29 is 9.53 Å². The van der Waals surface area contributed by atoms with Gasteiger partial charge in [-0.3, -0.25) is 9.48 Å². The number of benzene rings is 1. The highest BCUT2D eigenvalue weighted by molar-refractivity contribution is 5.99. The van der Waals surface area contributed by atoms with Gasteiger partial charge in [-0.1, -0.05) is 5.21 Å². The molecule has 0 atom stereocenters. The Morgan fingerprint density at radius 3 is 3.00 bits per heavy atom. The summed E-state index contributed by atoms with van der Waals surface area (Å²) in [6.45, 7) is 1.01. The second-order valence-corrected chi connectivity index (χ2v) is 3.88. The lowest BCUT2D eigenvalue weighted by Crippen LogP contribution is -2.28. The van der Waals surface area contributed by atoms with Gasteiger partial charge < -0.3 is 15.8 Å². The molecule has 2 rings (SSSR count). The van der Waals surface area contributed by atoms with Crippen molar-refractivity contribution >= 4 is 11.6 Å². The van der Waals surface area contributed by atoms with Gasteiger partial charge in [-0.25, -0.2) is 0 Å². The molecule has 0 bridgehead atoms. The van der Waals surface area contributed by atoms with Gasteiger partial charge in [0.05, 0.1) is 25.4 Å². The molecular weight excluding hydrogens is 246 g/mol. The Morgan fingerprint density at radius 1 is 1.53 bits per heavy atom. The number of methoxy groups -OCH3 is 1. The molecule has 0 saturated heterocycles. The zero-order valence-corrected chi connectivity index (χ0v) is 10.5. The van der Waals surface area contributed by atoms with Crippen molar-refractivity contribution in [2.45, 2.75) is 6.54 Å². The third kappa shape index (κ3) is 3.21. The summed E-state index contributed by atoms with van der Waals surface area (Å²) in [6, 6.07) is 4.95. The van der Waals surface area contributed by atoms with Crippen molar-refractivity contribution in [1.29, 1.82) is 0 Å². The predicted molar refractivity (Wildman–Crippen MR) is 69.8 cm³/mol. The minimum absolute atomic E-state index is 0.222. The van der Waals surface area contributed by atoms with Gasteiger partial charge in [0, 0.05) is 24.5 Å². The van der Waals surface area contributed by atoms with Crippen LogP contribution in [0.2, 0.25) is 0 Å². The van der Waals surface area contributed by atoms with Crippen molar-refractivity contribution in [2.75, 3.05) is 19.4 Å². The number of carbonyl (C=O) groups is 1. The SMILES string of the molecule is COc1ccc(C(=O)NCCn2ccnn2)c(N)c1. The number of amides is 1. The monoisotopic (exact) mass is 261 g/mol. The standard InChI is InChI=1S/C12H15N5O2/c1-19-9-2-3-10(11(13)8-9)12(18)14-4-6-17-7-5-15-16-17/h2-3,5,7-8H,4,6,13H2,1H3,(H,14,18). The topological polar surface area (TPSA) is 95.1 Å². The van der Waals surface area contributed by atoms with Crippen LogP contribution in [0.5, 0.6) is 5.75 Å². The molecule has 0 unspecified atom stereocenters. The fourth-order valence-electron chi connectivity index (χ4n) is 1.61. The Morgan fingerprint density at radius 2 is 2.37 bits per heavy atom. The third-order valence-corrected chi connectivity index (χ3v) is 2.60. The summed E-state index contributed by atoms with van der Waals surface area (Å²) in [4.78, 5) is 11.9. The Balaban J connectivity index is 1.92. The Labute approximate surface area is 110 Å². The number of hydrogen-bond acceptors (Lipinski definition) is 5. The maximum Gasteiger partial charge on any atom is 0.253 e. The van der Waals surface area contributed by atoms with Crippen LogP contribution in [0.4, 0.5) is 5.69 Å². The summed E-state index contributed by atoms with van der Waals surface area (Å²) in [6.07, 6.45) is 3.32. The van der Waals surface area contributed by atoms with Crippen LogP contribution >= 0.6 is 0 Å². The van der Waals surface area contributed by atoms with E-state index in [4.69, 9.17) is 10.5 Å². The zero-order valence-electron chi connectivity index (χ0n) is 10.5. The van der Waals surface area contributed by atoms with E-state index in [0.717, 1.165) is 0 Å². The number of nitrogens with one attached hydrogen (secondary N) is 1. The van der Waals surface area contributed by atoms with Crippen LogP contribution in [0.1, 0.15) is 10.4 Å². The molecule has 100 valence electrons. The molecule has 7 nitrogen and oxygen atoms in total. The van der Waals surface area contributed by atoms with E-state index in [0.29, 0.717) is 30.1 Å². The van der Waals surface area contributed by atoms with Crippen LogP contribution in [0.25, 0.3) is 0 Å². The second-order valence-electron chi connectivity index (χ2n) is 3.88. The van der Waals surface area contributed by atoms with Crippen molar-refractivity contribution in [1.82, 2.24) is 20.3 Å². The van der Waals surface area contributed by atoms with Gasteiger partial charge in [-0.2, -0.15) is 0 Å². The van der Waals surface area contributed by atoms with Gasteiger partial charge in [-0.05, 0) is 12.1 Å². The number of rotatable bonds is 5. The Kier molecular flexibility index (Phi) is 3.97. The highest BCUT2D eigenvalue weighted by Crippen LogP contribution is 2.19. The Hall–Kier alpha value is -2.57. The molecular formula is C12H15N5O2. The molecule has 0 spiro atoms. The van der Waals surface area contributed by atoms with Crippen molar-refractivity contribution in [2.24, 2.45) is 0 Å². The fourth-order valence-corrected chi connectivity index (χ4v) is 1.61. The van der Waals surface area contributed by atoms with Gasteiger partial charge >= 0.3 is 0 Å². The van der Waals surface area contributed by atoms with Gasteiger partial charge in [0.2, 0.25) is 0 Å². The first-order valence-corrected chi connectivity index (χ1v) is 5.76. The number of ether oxygens (including phenoxy) is 1. The van der Waals surface area contributed by atoms with Gasteiger partial charge in [0.25, 0.3) is 5.91 Å². The van der Waals surface area contributed by atoms with Crippen LogP contribution in [0.15, 0.2) is 30.6 Å². The van der Waals surface area contributed by atoms with E-state index in [1.807, 2.05) is 0 Å². The summed E-state index contributed by atoms with van der Waals surface area (Å²) < 4.78 is 6.67. The van der Waals surface area contributed by atoms with E-state index in [1.165, 1.54) is 0 Å². The summed E-state index contributed by atoms with van der Waals surface area (Å²) in [5, 5.41) is 10.2. The number of hydrogen-bond donors (Lipinski definition) is 2. The number of anilines is 1. The van der Waals surface area contributed by atoms with E-state index >= 15 is 0 Å². The highest BCUT2D eigenvalue weighted by Gasteiger charge is 2.09. The number of nitrogens with two attached hydrogens (primary N) is 1.